The van der Waals surface area contributed by atoms with Crippen molar-refractivity contribution in [2.75, 3.05) is 17.3 Å². The normalized spacial score (nSPS) is 10.8. The minimum absolute atomic E-state index is 0.135. The molecule has 0 aliphatic heterocycles. The lowest BCUT2D eigenvalue weighted by Gasteiger charge is -2.19. The zero-order valence-electron chi connectivity index (χ0n) is 15.4. The Kier molecular flexibility index (Phi) is 6.10. The largest absolute Gasteiger partial charge is 0.332 e. The Hall–Kier alpha value is -2.73. The number of carbonyl (C=O) groups is 2. The number of para-hydroxylation sites is 1. The average molecular weight is 369 g/mol. The van der Waals surface area contributed by atoms with Crippen LogP contribution in [-0.4, -0.2) is 24.0 Å². The molecular formula is C20H23N3O2S. The highest BCUT2D eigenvalue weighted by atomic mass is 32.1. The average Bonchev–Trinajstić information content (AvgIpc) is 2.60. The molecule has 2 rings (SSSR count). The first-order chi connectivity index (χ1) is 12.2. The van der Waals surface area contributed by atoms with Gasteiger partial charge in [0.15, 0.2) is 5.11 Å². The zero-order chi connectivity index (χ0) is 19.3. The van der Waals surface area contributed by atoms with E-state index in [0.29, 0.717) is 11.3 Å². The fourth-order valence-corrected chi connectivity index (χ4v) is 2.36. The second-order valence-electron chi connectivity index (χ2n) is 6.94. The number of thiocarbonyl (C=S) groups is 1. The van der Waals surface area contributed by atoms with E-state index in [9.17, 15) is 9.59 Å². The highest BCUT2D eigenvalue weighted by Gasteiger charge is 2.22. The zero-order valence-corrected chi connectivity index (χ0v) is 16.2. The Bertz CT molecular complexity index is 813. The second-order valence-corrected chi connectivity index (χ2v) is 7.35. The van der Waals surface area contributed by atoms with E-state index in [0.717, 1.165) is 5.69 Å². The van der Waals surface area contributed by atoms with Crippen molar-refractivity contribution in [2.24, 2.45) is 5.41 Å². The first-order valence-corrected chi connectivity index (χ1v) is 8.65. The van der Waals surface area contributed by atoms with Gasteiger partial charge in [-0.15, -0.1) is 0 Å². The van der Waals surface area contributed by atoms with Gasteiger partial charge in [-0.25, -0.2) is 0 Å². The summed E-state index contributed by atoms with van der Waals surface area (Å²) in [5.74, 6) is -0.310. The van der Waals surface area contributed by atoms with Crippen LogP contribution in [0.5, 0.6) is 0 Å². The van der Waals surface area contributed by atoms with Gasteiger partial charge in [0.25, 0.3) is 5.91 Å². The van der Waals surface area contributed by atoms with Gasteiger partial charge in [0, 0.05) is 29.4 Å². The summed E-state index contributed by atoms with van der Waals surface area (Å²) >= 11 is 5.18. The van der Waals surface area contributed by atoms with Gasteiger partial charge in [0.1, 0.15) is 0 Å². The molecule has 0 spiro atoms. The number of nitrogens with zero attached hydrogens (tertiary/aromatic N) is 1. The van der Waals surface area contributed by atoms with Gasteiger partial charge in [0.05, 0.1) is 0 Å². The minimum Gasteiger partial charge on any atom is -0.332 e. The molecule has 0 bridgehead atoms. The number of carbonyl (C=O) groups excluding carboxylic acids is 2. The molecule has 2 aromatic carbocycles. The van der Waals surface area contributed by atoms with Crippen LogP contribution in [0.1, 0.15) is 31.1 Å². The molecule has 0 saturated carbocycles. The standard InChI is InChI=1S/C20H23N3O2S/c1-20(2,3)18(25)22-19(26)21-15-10-8-9-14(13-15)17(24)23(4)16-11-6-5-7-12-16/h5-13H,1-4H3,(H2,21,22,25,26). The SMILES string of the molecule is CN(C(=O)c1cccc(NC(=S)NC(=O)C(C)(C)C)c1)c1ccccc1. The number of hydrogen-bond donors (Lipinski definition) is 2. The summed E-state index contributed by atoms with van der Waals surface area (Å²) in [6.07, 6.45) is 0. The molecular weight excluding hydrogens is 346 g/mol. The number of hydrogen-bond acceptors (Lipinski definition) is 3. The van der Waals surface area contributed by atoms with E-state index in [1.165, 1.54) is 0 Å². The van der Waals surface area contributed by atoms with Crippen LogP contribution in [0.4, 0.5) is 11.4 Å². The molecule has 2 N–H and O–H groups in total. The Morgan fingerprint density at radius 2 is 1.65 bits per heavy atom. The Balaban J connectivity index is 2.09. The minimum atomic E-state index is -0.540. The molecule has 26 heavy (non-hydrogen) atoms. The topological polar surface area (TPSA) is 61.4 Å². The van der Waals surface area contributed by atoms with Crippen molar-refractivity contribution in [2.45, 2.75) is 20.8 Å². The van der Waals surface area contributed by atoms with Crippen molar-refractivity contribution >= 4 is 40.5 Å². The second kappa shape index (κ2) is 8.10. The van der Waals surface area contributed by atoms with Crippen molar-refractivity contribution in [1.82, 2.24) is 5.32 Å². The number of rotatable bonds is 3. The highest BCUT2D eigenvalue weighted by Crippen LogP contribution is 2.18. The maximum atomic E-state index is 12.7. The monoisotopic (exact) mass is 369 g/mol. The molecule has 0 aliphatic carbocycles. The van der Waals surface area contributed by atoms with Gasteiger partial charge in [-0.05, 0) is 42.5 Å². The van der Waals surface area contributed by atoms with Crippen molar-refractivity contribution in [1.29, 1.82) is 0 Å². The third kappa shape index (κ3) is 5.13. The van der Waals surface area contributed by atoms with Crippen LogP contribution in [0.25, 0.3) is 0 Å². The van der Waals surface area contributed by atoms with Crippen molar-refractivity contribution in [3.8, 4) is 0 Å². The van der Waals surface area contributed by atoms with Gasteiger partial charge in [-0.3, -0.25) is 9.59 Å². The van der Waals surface area contributed by atoms with Crippen LogP contribution in [0, 0.1) is 5.41 Å². The maximum absolute atomic E-state index is 12.7. The van der Waals surface area contributed by atoms with Crippen LogP contribution in [0.3, 0.4) is 0 Å². The molecule has 5 nitrogen and oxygen atoms in total. The van der Waals surface area contributed by atoms with Crippen LogP contribution in [0.15, 0.2) is 54.6 Å². The number of anilines is 2. The van der Waals surface area contributed by atoms with Gasteiger partial charge in [-0.2, -0.15) is 0 Å². The fourth-order valence-electron chi connectivity index (χ4n) is 2.15. The van der Waals surface area contributed by atoms with Gasteiger partial charge in [0.2, 0.25) is 5.91 Å². The van der Waals surface area contributed by atoms with E-state index in [-0.39, 0.29) is 16.9 Å². The number of amides is 2. The molecule has 0 unspecified atom stereocenters. The van der Waals surface area contributed by atoms with Gasteiger partial charge in [-0.1, -0.05) is 45.0 Å². The smallest absolute Gasteiger partial charge is 0.258 e. The molecule has 0 radical (unpaired) electrons. The summed E-state index contributed by atoms with van der Waals surface area (Å²) < 4.78 is 0. The quantitative estimate of drug-likeness (QED) is 0.808. The highest BCUT2D eigenvalue weighted by molar-refractivity contribution is 7.80. The third-order valence-corrected chi connectivity index (χ3v) is 3.93. The molecule has 136 valence electrons. The van der Waals surface area contributed by atoms with E-state index in [2.05, 4.69) is 10.6 Å². The van der Waals surface area contributed by atoms with Crippen molar-refractivity contribution in [3.63, 3.8) is 0 Å². The van der Waals surface area contributed by atoms with E-state index < -0.39 is 5.41 Å². The lowest BCUT2D eigenvalue weighted by Crippen LogP contribution is -2.41. The lowest BCUT2D eigenvalue weighted by molar-refractivity contribution is -0.126. The summed E-state index contributed by atoms with van der Waals surface area (Å²) in [6.45, 7) is 5.43. The molecule has 0 aliphatic rings. The van der Waals surface area contributed by atoms with Crippen LogP contribution < -0.4 is 15.5 Å². The van der Waals surface area contributed by atoms with Crippen molar-refractivity contribution < 1.29 is 9.59 Å². The first kappa shape index (κ1) is 19.6. The van der Waals surface area contributed by atoms with E-state index in [4.69, 9.17) is 12.2 Å². The summed E-state index contributed by atoms with van der Waals surface area (Å²) in [5, 5.41) is 5.80. The molecule has 6 heteroatoms. The molecule has 0 fully saturated rings. The number of benzene rings is 2. The van der Waals surface area contributed by atoms with Gasteiger partial charge >= 0.3 is 0 Å². The predicted octanol–water partition coefficient (Wildman–Crippen LogP) is 3.82. The summed E-state index contributed by atoms with van der Waals surface area (Å²) in [5.41, 5.74) is 1.42. The van der Waals surface area contributed by atoms with Gasteiger partial charge < -0.3 is 15.5 Å². The maximum Gasteiger partial charge on any atom is 0.258 e. The van der Waals surface area contributed by atoms with Crippen LogP contribution in [0.2, 0.25) is 0 Å². The van der Waals surface area contributed by atoms with Crippen molar-refractivity contribution in [3.05, 3.63) is 60.2 Å². The lowest BCUT2D eigenvalue weighted by atomic mass is 9.96. The molecule has 0 aromatic heterocycles. The molecule has 2 amide bonds. The predicted molar refractivity (Wildman–Crippen MR) is 109 cm³/mol. The molecule has 0 atom stereocenters. The fraction of sp³-hybridized carbons (Fsp3) is 0.250. The number of nitrogens with one attached hydrogen (secondary N) is 2. The van der Waals surface area contributed by atoms with Crippen LogP contribution in [-0.2, 0) is 4.79 Å². The van der Waals surface area contributed by atoms with Crippen LogP contribution >= 0.6 is 12.2 Å². The Morgan fingerprint density at radius 3 is 2.27 bits per heavy atom. The van der Waals surface area contributed by atoms with E-state index >= 15 is 0 Å². The van der Waals surface area contributed by atoms with E-state index in [1.54, 1.807) is 36.2 Å². The molecule has 0 saturated heterocycles. The van der Waals surface area contributed by atoms with E-state index in [1.807, 2.05) is 51.1 Å². The summed E-state index contributed by atoms with van der Waals surface area (Å²) in [6, 6.07) is 16.4. The Labute approximate surface area is 159 Å². The molecule has 0 heterocycles. The summed E-state index contributed by atoms with van der Waals surface area (Å²) in [4.78, 5) is 26.3. The summed E-state index contributed by atoms with van der Waals surface area (Å²) in [7, 11) is 1.73. The first-order valence-electron chi connectivity index (χ1n) is 8.24. The molecule has 2 aromatic rings. The third-order valence-electron chi connectivity index (χ3n) is 3.72. The Morgan fingerprint density at radius 1 is 1.00 bits per heavy atom.